The maximum absolute atomic E-state index is 13.1. The molecule has 0 spiro atoms. The molecule has 0 radical (unpaired) electrons. The van der Waals surface area contributed by atoms with Gasteiger partial charge in [-0.2, -0.15) is 5.10 Å². The predicted molar refractivity (Wildman–Crippen MR) is 117 cm³/mol. The third kappa shape index (κ3) is 5.04. The molecule has 3 aromatic rings. The highest BCUT2D eigenvalue weighted by Gasteiger charge is 2.38. The lowest BCUT2D eigenvalue weighted by molar-refractivity contribution is -0.384. The molecule has 1 aliphatic rings. The summed E-state index contributed by atoms with van der Waals surface area (Å²) in [4.78, 5) is 29.2. The fourth-order valence-corrected chi connectivity index (χ4v) is 4.16. The van der Waals surface area contributed by atoms with Crippen LogP contribution < -0.4 is 0 Å². The van der Waals surface area contributed by atoms with Gasteiger partial charge in [0.15, 0.2) is 5.17 Å². The van der Waals surface area contributed by atoms with Gasteiger partial charge in [0.05, 0.1) is 29.2 Å². The molecule has 1 atom stereocenters. The van der Waals surface area contributed by atoms with Crippen molar-refractivity contribution in [2.24, 2.45) is 10.2 Å². The fourth-order valence-electron chi connectivity index (χ4n) is 3.03. The molecule has 1 aromatic carbocycles. The zero-order chi connectivity index (χ0) is 21.6. The topological polar surface area (TPSA) is 114 Å². The molecule has 1 fully saturated rings. The second-order valence-electron chi connectivity index (χ2n) is 6.65. The number of amidine groups is 1. The Kier molecular flexibility index (Phi) is 6.18. The van der Waals surface area contributed by atoms with E-state index in [-0.39, 0.29) is 18.1 Å². The molecular weight excluding hydrogens is 418 g/mol. The number of pyridine rings is 1. The van der Waals surface area contributed by atoms with Gasteiger partial charge in [0, 0.05) is 30.1 Å². The van der Waals surface area contributed by atoms with Crippen LogP contribution in [0.5, 0.6) is 0 Å². The van der Waals surface area contributed by atoms with Crippen molar-refractivity contribution in [2.45, 2.75) is 18.2 Å². The van der Waals surface area contributed by atoms with Crippen molar-refractivity contribution in [3.8, 4) is 0 Å². The molecular formula is C21H17N5O4S. The molecule has 4 rings (SSSR count). The van der Waals surface area contributed by atoms with Crippen molar-refractivity contribution in [3.05, 3.63) is 94.2 Å². The van der Waals surface area contributed by atoms with Crippen molar-refractivity contribution >= 4 is 34.7 Å². The summed E-state index contributed by atoms with van der Waals surface area (Å²) in [7, 11) is 0. The zero-order valence-electron chi connectivity index (χ0n) is 16.2. The van der Waals surface area contributed by atoms with E-state index >= 15 is 0 Å². The highest BCUT2D eigenvalue weighted by atomic mass is 32.2. The first-order chi connectivity index (χ1) is 15.1. The van der Waals surface area contributed by atoms with Gasteiger partial charge in [-0.05, 0) is 30.2 Å². The van der Waals surface area contributed by atoms with E-state index in [1.807, 2.05) is 6.07 Å². The number of amides is 1. The number of rotatable bonds is 7. The van der Waals surface area contributed by atoms with E-state index in [0.717, 1.165) is 5.56 Å². The van der Waals surface area contributed by atoms with Crippen LogP contribution in [0.15, 0.2) is 81.8 Å². The van der Waals surface area contributed by atoms with Gasteiger partial charge in [-0.15, -0.1) is 5.10 Å². The number of furan rings is 1. The van der Waals surface area contributed by atoms with E-state index < -0.39 is 10.2 Å². The number of nitrogens with zero attached hydrogens (tertiary/aromatic N) is 5. The maximum Gasteiger partial charge on any atom is 0.269 e. The first kappa shape index (κ1) is 20.5. The number of non-ortho nitro benzene ring substituents is 1. The second kappa shape index (κ2) is 9.35. The molecule has 0 aliphatic carbocycles. The molecule has 0 saturated carbocycles. The highest BCUT2D eigenvalue weighted by Crippen LogP contribution is 2.32. The lowest BCUT2D eigenvalue weighted by Gasteiger charge is -2.14. The van der Waals surface area contributed by atoms with Crippen LogP contribution in [0.25, 0.3) is 0 Å². The maximum atomic E-state index is 13.1. The molecule has 0 N–H and O–H groups in total. The molecule has 2 aromatic heterocycles. The molecule has 1 amide bonds. The minimum Gasteiger partial charge on any atom is -0.467 e. The van der Waals surface area contributed by atoms with Crippen LogP contribution >= 0.6 is 11.8 Å². The van der Waals surface area contributed by atoms with E-state index in [4.69, 9.17) is 4.42 Å². The summed E-state index contributed by atoms with van der Waals surface area (Å²) in [5, 5.41) is 19.4. The summed E-state index contributed by atoms with van der Waals surface area (Å²) in [5.41, 5.74) is 1.49. The molecule has 31 heavy (non-hydrogen) atoms. The van der Waals surface area contributed by atoms with E-state index in [0.29, 0.717) is 22.9 Å². The summed E-state index contributed by atoms with van der Waals surface area (Å²) in [6.07, 6.45) is 6.76. The molecule has 156 valence electrons. The minimum absolute atomic E-state index is 0.00431. The lowest BCUT2D eigenvalue weighted by atomic mass is 10.1. The largest absolute Gasteiger partial charge is 0.467 e. The van der Waals surface area contributed by atoms with E-state index in [1.165, 1.54) is 28.8 Å². The van der Waals surface area contributed by atoms with Crippen LogP contribution in [0.3, 0.4) is 0 Å². The van der Waals surface area contributed by atoms with Gasteiger partial charge in [-0.1, -0.05) is 30.0 Å². The molecule has 1 saturated heterocycles. The number of hydrogen-bond acceptors (Lipinski definition) is 8. The Balaban J connectivity index is 1.56. The summed E-state index contributed by atoms with van der Waals surface area (Å²) in [6.45, 7) is 0.228. The number of carbonyl (C=O) groups is 1. The Hall–Kier alpha value is -3.79. The van der Waals surface area contributed by atoms with Gasteiger partial charge in [-0.3, -0.25) is 24.8 Å². The number of aromatic nitrogens is 1. The average Bonchev–Trinajstić information content (AvgIpc) is 3.39. The van der Waals surface area contributed by atoms with Crippen molar-refractivity contribution in [1.82, 2.24) is 9.88 Å². The Morgan fingerprint density at radius 3 is 2.90 bits per heavy atom. The standard InChI is InChI=1S/C21H17N5O4S/c27-20-19(11-15-4-1-6-17(10-15)26(28)29)31-21(25(20)14-18-7-3-9-30-18)24-23-13-16-5-2-8-22-12-16/h1-10,12-13,19H,11,14H2/b23-13-,24-21+/t19-/m0/s1. The first-order valence-electron chi connectivity index (χ1n) is 9.35. The van der Waals surface area contributed by atoms with Crippen LogP contribution in [0.1, 0.15) is 16.9 Å². The van der Waals surface area contributed by atoms with Crippen LogP contribution in [0, 0.1) is 10.1 Å². The van der Waals surface area contributed by atoms with Gasteiger partial charge in [0.25, 0.3) is 5.69 Å². The zero-order valence-corrected chi connectivity index (χ0v) is 17.0. The van der Waals surface area contributed by atoms with E-state index in [1.54, 1.807) is 55.2 Å². The number of nitro benzene ring substituents is 1. The molecule has 1 aliphatic heterocycles. The number of hydrogen-bond donors (Lipinski definition) is 0. The Morgan fingerprint density at radius 2 is 2.16 bits per heavy atom. The SMILES string of the molecule is O=C1[C@H](Cc2cccc([N+](=O)[O-])c2)S/C(=N/N=C\c2cccnc2)N1Cc1ccco1. The lowest BCUT2D eigenvalue weighted by Crippen LogP contribution is -2.32. The normalized spacial score (nSPS) is 17.7. The van der Waals surface area contributed by atoms with Gasteiger partial charge in [-0.25, -0.2) is 0 Å². The van der Waals surface area contributed by atoms with Gasteiger partial charge in [0.1, 0.15) is 5.76 Å². The Bertz CT molecular complexity index is 1130. The third-order valence-corrected chi connectivity index (χ3v) is 5.66. The Labute approximate surface area is 181 Å². The van der Waals surface area contributed by atoms with Crippen LogP contribution in [-0.4, -0.2) is 37.3 Å². The number of thioether (sulfide) groups is 1. The molecule has 3 heterocycles. The molecule has 9 nitrogen and oxygen atoms in total. The summed E-state index contributed by atoms with van der Waals surface area (Å²) < 4.78 is 5.38. The van der Waals surface area contributed by atoms with Crippen LogP contribution in [-0.2, 0) is 17.8 Å². The number of nitro groups is 1. The van der Waals surface area contributed by atoms with Crippen molar-refractivity contribution in [2.75, 3.05) is 0 Å². The number of carbonyl (C=O) groups excluding carboxylic acids is 1. The van der Waals surface area contributed by atoms with Gasteiger partial charge >= 0.3 is 0 Å². The second-order valence-corrected chi connectivity index (χ2v) is 7.82. The first-order valence-corrected chi connectivity index (χ1v) is 10.2. The van der Waals surface area contributed by atoms with Crippen molar-refractivity contribution < 1.29 is 14.1 Å². The van der Waals surface area contributed by atoms with Gasteiger partial charge in [0.2, 0.25) is 5.91 Å². The monoisotopic (exact) mass is 435 g/mol. The molecule has 0 bridgehead atoms. The summed E-state index contributed by atoms with van der Waals surface area (Å²) in [5.74, 6) is 0.470. The van der Waals surface area contributed by atoms with Crippen LogP contribution in [0.4, 0.5) is 5.69 Å². The Morgan fingerprint density at radius 1 is 1.26 bits per heavy atom. The number of benzene rings is 1. The highest BCUT2D eigenvalue weighted by molar-refractivity contribution is 8.15. The summed E-state index contributed by atoms with van der Waals surface area (Å²) in [6, 6.07) is 13.5. The summed E-state index contributed by atoms with van der Waals surface area (Å²) >= 11 is 1.28. The van der Waals surface area contributed by atoms with E-state index in [9.17, 15) is 14.9 Å². The van der Waals surface area contributed by atoms with E-state index in [2.05, 4.69) is 15.2 Å². The quantitative estimate of drug-likeness (QED) is 0.318. The molecule has 10 heteroatoms. The smallest absolute Gasteiger partial charge is 0.269 e. The average molecular weight is 435 g/mol. The van der Waals surface area contributed by atoms with Gasteiger partial charge < -0.3 is 4.42 Å². The fraction of sp³-hybridized carbons (Fsp3) is 0.143. The van der Waals surface area contributed by atoms with Crippen molar-refractivity contribution in [3.63, 3.8) is 0 Å². The van der Waals surface area contributed by atoms with Crippen LogP contribution in [0.2, 0.25) is 0 Å². The molecule has 0 unspecified atom stereocenters. The minimum atomic E-state index is -0.468. The third-order valence-electron chi connectivity index (χ3n) is 4.49. The van der Waals surface area contributed by atoms with Crippen molar-refractivity contribution in [1.29, 1.82) is 0 Å². The predicted octanol–water partition coefficient (Wildman–Crippen LogP) is 3.66.